The maximum atomic E-state index is 6.10. The molecule has 1 radical (unpaired) electrons. The summed E-state index contributed by atoms with van der Waals surface area (Å²) < 4.78 is 10.6. The van der Waals surface area contributed by atoms with Crippen molar-refractivity contribution >= 4 is 49.1 Å². The van der Waals surface area contributed by atoms with Gasteiger partial charge >= 0.3 is 0 Å². The minimum Gasteiger partial charge on any atom is -0.557 e. The zero-order chi connectivity index (χ0) is 20.5. The number of benzene rings is 3. The molecule has 0 aliphatic carbocycles. The van der Waals surface area contributed by atoms with E-state index in [1.807, 2.05) is 12.4 Å². The van der Waals surface area contributed by atoms with Crippen LogP contribution in [0, 0.1) is 6.26 Å². The summed E-state index contributed by atoms with van der Waals surface area (Å²) in [5, 5.41) is 5.62. The van der Waals surface area contributed by atoms with Crippen LogP contribution in [0.5, 0.6) is 0 Å². The Hall–Kier alpha value is -3.40. The third-order valence-electron chi connectivity index (χ3n) is 6.38. The SMILES string of the molecule is CCn1c2ccccc2c2cc(-c3o[c-]c4c3c3ccccc3n3ccnc43)ccc21.[Ir]. The number of pyridine rings is 1. The third-order valence-corrected chi connectivity index (χ3v) is 6.38. The number of hydrogen-bond acceptors (Lipinski definition) is 2. The van der Waals surface area contributed by atoms with Crippen LogP contribution in [0.1, 0.15) is 6.92 Å². The molecule has 0 bridgehead atoms. The zero-order valence-corrected chi connectivity index (χ0v) is 19.7. The molecule has 0 N–H and O–H groups in total. The summed E-state index contributed by atoms with van der Waals surface area (Å²) >= 11 is 0. The molecule has 7 aromatic rings. The molecule has 4 aromatic heterocycles. The fourth-order valence-electron chi connectivity index (χ4n) is 5.05. The topological polar surface area (TPSA) is 35.4 Å². The second-order valence-electron chi connectivity index (χ2n) is 7.91. The minimum atomic E-state index is 0. The molecule has 0 amide bonds. The molecule has 0 saturated carbocycles. The quantitative estimate of drug-likeness (QED) is 0.207. The van der Waals surface area contributed by atoms with Crippen molar-refractivity contribution in [1.82, 2.24) is 14.0 Å². The first-order chi connectivity index (χ1) is 15.3. The van der Waals surface area contributed by atoms with E-state index >= 15 is 0 Å². The number of nitrogens with zero attached hydrogens (tertiary/aromatic N) is 3. The first kappa shape index (κ1) is 19.3. The van der Waals surface area contributed by atoms with Gasteiger partial charge in [-0.25, -0.2) is 0 Å². The summed E-state index contributed by atoms with van der Waals surface area (Å²) in [7, 11) is 0. The summed E-state index contributed by atoms with van der Waals surface area (Å²) in [6.45, 7) is 3.13. The van der Waals surface area contributed by atoms with Gasteiger partial charge in [0.25, 0.3) is 0 Å². The molecule has 7 rings (SSSR count). The first-order valence-electron chi connectivity index (χ1n) is 10.5. The maximum absolute atomic E-state index is 6.10. The summed E-state index contributed by atoms with van der Waals surface area (Å²) in [6.07, 6.45) is 6.96. The van der Waals surface area contributed by atoms with Crippen LogP contribution in [-0.4, -0.2) is 14.0 Å². The van der Waals surface area contributed by atoms with Gasteiger partial charge < -0.3 is 13.4 Å². The Morgan fingerprint density at radius 2 is 1.62 bits per heavy atom. The number of rotatable bonds is 2. The van der Waals surface area contributed by atoms with E-state index in [9.17, 15) is 0 Å². The number of furan rings is 1. The smallest absolute Gasteiger partial charge is 0.0632 e. The van der Waals surface area contributed by atoms with Gasteiger partial charge in [-0.15, -0.1) is 0 Å². The summed E-state index contributed by atoms with van der Waals surface area (Å²) in [4.78, 5) is 4.58. The second kappa shape index (κ2) is 7.06. The molecular formula is C27H18IrN3O-. The van der Waals surface area contributed by atoms with Crippen LogP contribution in [0.25, 0.3) is 60.5 Å². The molecule has 0 aliphatic heterocycles. The number of aryl methyl sites for hydroxylation is 1. The molecule has 3 aromatic carbocycles. The zero-order valence-electron chi connectivity index (χ0n) is 17.3. The molecular weight excluding hydrogens is 575 g/mol. The van der Waals surface area contributed by atoms with Gasteiger partial charge in [-0.2, -0.15) is 0 Å². The molecule has 0 unspecified atom stereocenters. The molecule has 32 heavy (non-hydrogen) atoms. The Bertz CT molecular complexity index is 1790. The van der Waals surface area contributed by atoms with Crippen molar-refractivity contribution in [1.29, 1.82) is 0 Å². The predicted molar refractivity (Wildman–Crippen MR) is 125 cm³/mol. The van der Waals surface area contributed by atoms with Gasteiger partial charge in [0.15, 0.2) is 0 Å². The average Bonchev–Trinajstić information content (AvgIpc) is 3.54. The number of imidazole rings is 1. The van der Waals surface area contributed by atoms with Crippen molar-refractivity contribution in [2.24, 2.45) is 0 Å². The largest absolute Gasteiger partial charge is 0.557 e. The summed E-state index contributed by atoms with van der Waals surface area (Å²) in [5.41, 5.74) is 5.54. The van der Waals surface area contributed by atoms with E-state index in [0.717, 1.165) is 45.2 Å². The summed E-state index contributed by atoms with van der Waals surface area (Å²) in [5.74, 6) is 0.840. The van der Waals surface area contributed by atoms with E-state index < -0.39 is 0 Å². The maximum Gasteiger partial charge on any atom is 0.0632 e. The average molecular weight is 593 g/mol. The number of aromatic nitrogens is 3. The molecule has 0 spiro atoms. The van der Waals surface area contributed by atoms with Crippen LogP contribution in [0.2, 0.25) is 0 Å². The predicted octanol–water partition coefficient (Wildman–Crippen LogP) is 6.83. The van der Waals surface area contributed by atoms with Crippen molar-refractivity contribution in [3.05, 3.63) is 85.4 Å². The van der Waals surface area contributed by atoms with E-state index in [1.165, 1.54) is 21.8 Å². The Morgan fingerprint density at radius 1 is 0.875 bits per heavy atom. The van der Waals surface area contributed by atoms with Gasteiger partial charge in [-0.1, -0.05) is 59.3 Å². The van der Waals surface area contributed by atoms with E-state index in [0.29, 0.717) is 0 Å². The Labute approximate surface area is 197 Å². The second-order valence-corrected chi connectivity index (χ2v) is 7.91. The molecule has 0 fully saturated rings. The van der Waals surface area contributed by atoms with Gasteiger partial charge in [0, 0.05) is 78.4 Å². The van der Waals surface area contributed by atoms with Crippen molar-refractivity contribution in [3.63, 3.8) is 0 Å². The molecule has 157 valence electrons. The van der Waals surface area contributed by atoms with E-state index in [4.69, 9.17) is 4.42 Å². The molecule has 0 aliphatic rings. The van der Waals surface area contributed by atoms with Gasteiger partial charge in [0.1, 0.15) is 0 Å². The molecule has 0 atom stereocenters. The van der Waals surface area contributed by atoms with Gasteiger partial charge in [0.2, 0.25) is 0 Å². The monoisotopic (exact) mass is 593 g/mol. The van der Waals surface area contributed by atoms with E-state index in [-0.39, 0.29) is 20.1 Å². The summed E-state index contributed by atoms with van der Waals surface area (Å²) in [6, 6.07) is 23.6. The third kappa shape index (κ3) is 2.44. The van der Waals surface area contributed by atoms with Crippen LogP contribution in [-0.2, 0) is 26.7 Å². The number of fused-ring (bicyclic) bond motifs is 9. The standard InChI is InChI=1S/C27H18N3O.Ir/c1-2-29-22-9-5-3-7-18(22)20-15-17(11-12-24(20)29)26-25-19-8-4-6-10-23(19)30-14-13-28-27(30)21(25)16-31-26;/h3-15H,2H2,1H3;/q-1;. The van der Waals surface area contributed by atoms with Crippen LogP contribution < -0.4 is 0 Å². The Kier molecular flexibility index (Phi) is 4.26. The van der Waals surface area contributed by atoms with Gasteiger partial charge in [-0.05, 0) is 36.1 Å². The Morgan fingerprint density at radius 3 is 2.47 bits per heavy atom. The van der Waals surface area contributed by atoms with Gasteiger partial charge in [0.05, 0.1) is 5.65 Å². The first-order valence-corrected chi connectivity index (χ1v) is 10.5. The Balaban J connectivity index is 0.00000196. The van der Waals surface area contributed by atoms with Crippen LogP contribution >= 0.6 is 0 Å². The molecule has 4 heterocycles. The van der Waals surface area contributed by atoms with Crippen molar-refractivity contribution < 1.29 is 24.5 Å². The molecule has 0 saturated heterocycles. The molecule has 5 heteroatoms. The van der Waals surface area contributed by atoms with Crippen LogP contribution in [0.15, 0.2) is 83.5 Å². The van der Waals surface area contributed by atoms with Crippen LogP contribution in [0.4, 0.5) is 0 Å². The normalized spacial score (nSPS) is 11.8. The van der Waals surface area contributed by atoms with E-state index in [1.54, 1.807) is 0 Å². The van der Waals surface area contributed by atoms with Crippen LogP contribution in [0.3, 0.4) is 0 Å². The number of hydrogen-bond donors (Lipinski definition) is 0. The number of para-hydroxylation sites is 2. The fourth-order valence-corrected chi connectivity index (χ4v) is 5.05. The fraction of sp³-hybridized carbons (Fsp3) is 0.0741. The minimum absolute atomic E-state index is 0. The van der Waals surface area contributed by atoms with Crippen molar-refractivity contribution in [3.8, 4) is 11.3 Å². The van der Waals surface area contributed by atoms with Crippen molar-refractivity contribution in [2.45, 2.75) is 13.5 Å². The van der Waals surface area contributed by atoms with Crippen molar-refractivity contribution in [2.75, 3.05) is 0 Å². The van der Waals surface area contributed by atoms with Gasteiger partial charge in [-0.3, -0.25) is 4.98 Å². The molecule has 4 nitrogen and oxygen atoms in total. The van der Waals surface area contributed by atoms with E-state index in [2.05, 4.69) is 93.9 Å².